The second kappa shape index (κ2) is 4.40. The maximum Gasteiger partial charge on any atom is 0.113 e. The van der Waals surface area contributed by atoms with Gasteiger partial charge in [0.05, 0.1) is 11.2 Å². The molecule has 1 aliphatic rings. The van der Waals surface area contributed by atoms with Crippen LogP contribution in [-0.4, -0.2) is 17.1 Å². The van der Waals surface area contributed by atoms with Crippen molar-refractivity contribution in [2.75, 3.05) is 6.54 Å². The Balaban J connectivity index is 2.13. The molecule has 1 atom stereocenters. The van der Waals surface area contributed by atoms with E-state index in [1.54, 1.807) is 17.5 Å². The number of nitrogens with one attached hydrogen (secondary N) is 1. The predicted octanol–water partition coefficient (Wildman–Crippen LogP) is 3.12. The summed E-state index contributed by atoms with van der Waals surface area (Å²) in [5.41, 5.74) is 0.251. The molecule has 1 saturated heterocycles. The third-order valence-corrected chi connectivity index (χ3v) is 4.49. The Labute approximate surface area is 100 Å². The molecule has 0 radical (unpaired) electrons. The summed E-state index contributed by atoms with van der Waals surface area (Å²) < 4.78 is 0.793. The van der Waals surface area contributed by atoms with E-state index in [-0.39, 0.29) is 5.54 Å². The van der Waals surface area contributed by atoms with E-state index in [0.717, 1.165) is 22.3 Å². The molecule has 1 N–H and O–H groups in total. The predicted molar refractivity (Wildman–Crippen MR) is 65.6 cm³/mol. The molecule has 0 aromatic carbocycles. The minimum absolute atomic E-state index is 0.251. The first-order valence-corrected chi connectivity index (χ1v) is 6.67. The highest BCUT2D eigenvalue weighted by molar-refractivity contribution is 7.15. The molecule has 1 aromatic heterocycles. The Morgan fingerprint density at radius 1 is 1.67 bits per heavy atom. The average molecular weight is 245 g/mol. The van der Waals surface area contributed by atoms with Crippen LogP contribution in [0.4, 0.5) is 0 Å². The molecule has 1 aliphatic heterocycles. The van der Waals surface area contributed by atoms with Crippen LogP contribution < -0.4 is 5.32 Å². The fraction of sp³-hybridized carbons (Fsp3) is 0.727. The van der Waals surface area contributed by atoms with Crippen LogP contribution in [0.5, 0.6) is 0 Å². The van der Waals surface area contributed by atoms with Crippen molar-refractivity contribution in [2.45, 2.75) is 38.6 Å². The van der Waals surface area contributed by atoms with Crippen molar-refractivity contribution in [1.29, 1.82) is 0 Å². The number of rotatable bonds is 3. The highest BCUT2D eigenvalue weighted by atomic mass is 35.5. The molecule has 1 fully saturated rings. The fourth-order valence-electron chi connectivity index (χ4n) is 2.32. The number of halogens is 1. The first-order valence-electron chi connectivity index (χ1n) is 5.48. The van der Waals surface area contributed by atoms with Crippen LogP contribution in [-0.2, 0) is 6.42 Å². The second-order valence-electron chi connectivity index (χ2n) is 4.58. The van der Waals surface area contributed by atoms with E-state index in [1.165, 1.54) is 12.8 Å². The molecule has 84 valence electrons. The molecular formula is C11H17ClN2S. The Bertz CT molecular complexity index is 329. The number of hydrogen-bond acceptors (Lipinski definition) is 3. The summed E-state index contributed by atoms with van der Waals surface area (Å²) >= 11 is 7.51. The van der Waals surface area contributed by atoms with E-state index >= 15 is 0 Å². The summed E-state index contributed by atoms with van der Waals surface area (Å²) in [5, 5.41) is 4.81. The molecular weight excluding hydrogens is 228 g/mol. The number of hydrogen-bond donors (Lipinski definition) is 1. The van der Waals surface area contributed by atoms with Gasteiger partial charge >= 0.3 is 0 Å². The van der Waals surface area contributed by atoms with E-state index < -0.39 is 0 Å². The standard InChI is InChI=1S/C11H17ClN2S/c1-8(2)11(4-3-5-14-11)6-10-13-7-9(12)15-10/h7-8,14H,3-6H2,1-2H3. The average Bonchev–Trinajstić information content (AvgIpc) is 2.77. The van der Waals surface area contributed by atoms with Gasteiger partial charge in [0, 0.05) is 12.0 Å². The van der Waals surface area contributed by atoms with Gasteiger partial charge in [0.15, 0.2) is 0 Å². The van der Waals surface area contributed by atoms with Crippen LogP contribution in [0, 0.1) is 5.92 Å². The number of nitrogens with zero attached hydrogens (tertiary/aromatic N) is 1. The monoisotopic (exact) mass is 244 g/mol. The van der Waals surface area contributed by atoms with Crippen LogP contribution in [0.3, 0.4) is 0 Å². The lowest BCUT2D eigenvalue weighted by molar-refractivity contribution is 0.269. The first-order chi connectivity index (χ1) is 7.12. The summed E-state index contributed by atoms with van der Waals surface area (Å²) in [6.07, 6.45) is 5.30. The lowest BCUT2D eigenvalue weighted by atomic mass is 9.82. The topological polar surface area (TPSA) is 24.9 Å². The molecule has 2 nitrogen and oxygen atoms in total. The van der Waals surface area contributed by atoms with Crippen molar-refractivity contribution in [3.63, 3.8) is 0 Å². The highest BCUT2D eigenvalue weighted by Gasteiger charge is 2.37. The van der Waals surface area contributed by atoms with Crippen LogP contribution in [0.25, 0.3) is 0 Å². The van der Waals surface area contributed by atoms with Gasteiger partial charge in [-0.3, -0.25) is 0 Å². The van der Waals surface area contributed by atoms with Crippen LogP contribution in [0.15, 0.2) is 6.20 Å². The van der Waals surface area contributed by atoms with E-state index in [0.29, 0.717) is 5.92 Å². The lowest BCUT2D eigenvalue weighted by Crippen LogP contribution is -2.46. The Hall–Kier alpha value is -0.120. The number of thiazole rings is 1. The molecule has 0 bridgehead atoms. The molecule has 1 aromatic rings. The molecule has 0 saturated carbocycles. The van der Waals surface area contributed by atoms with E-state index in [2.05, 4.69) is 24.1 Å². The van der Waals surface area contributed by atoms with Gasteiger partial charge in [-0.05, 0) is 25.3 Å². The third kappa shape index (κ3) is 2.35. The summed E-state index contributed by atoms with van der Waals surface area (Å²) in [5.74, 6) is 0.641. The van der Waals surface area contributed by atoms with Crippen LogP contribution in [0.2, 0.25) is 4.34 Å². The molecule has 15 heavy (non-hydrogen) atoms. The van der Waals surface area contributed by atoms with Gasteiger partial charge in [-0.2, -0.15) is 0 Å². The largest absolute Gasteiger partial charge is 0.311 e. The van der Waals surface area contributed by atoms with Crippen molar-refractivity contribution >= 4 is 22.9 Å². The normalized spacial score (nSPS) is 26.4. The van der Waals surface area contributed by atoms with Gasteiger partial charge < -0.3 is 5.32 Å². The third-order valence-electron chi connectivity index (χ3n) is 3.37. The highest BCUT2D eigenvalue weighted by Crippen LogP contribution is 2.33. The quantitative estimate of drug-likeness (QED) is 0.884. The zero-order valence-corrected chi connectivity index (χ0v) is 10.8. The Morgan fingerprint density at radius 2 is 2.47 bits per heavy atom. The van der Waals surface area contributed by atoms with Crippen molar-refractivity contribution in [2.24, 2.45) is 5.92 Å². The van der Waals surface area contributed by atoms with Gasteiger partial charge in [-0.1, -0.05) is 25.4 Å². The van der Waals surface area contributed by atoms with Gasteiger partial charge in [0.2, 0.25) is 0 Å². The van der Waals surface area contributed by atoms with Gasteiger partial charge in [0.25, 0.3) is 0 Å². The van der Waals surface area contributed by atoms with Crippen molar-refractivity contribution in [1.82, 2.24) is 10.3 Å². The summed E-state index contributed by atoms with van der Waals surface area (Å²) in [6.45, 7) is 5.71. The summed E-state index contributed by atoms with van der Waals surface area (Å²) in [4.78, 5) is 4.35. The summed E-state index contributed by atoms with van der Waals surface area (Å²) in [6, 6.07) is 0. The van der Waals surface area contributed by atoms with Crippen molar-refractivity contribution < 1.29 is 0 Å². The summed E-state index contributed by atoms with van der Waals surface area (Å²) in [7, 11) is 0. The molecule has 0 amide bonds. The van der Waals surface area contributed by atoms with Gasteiger partial charge in [-0.25, -0.2) is 4.98 Å². The maximum absolute atomic E-state index is 5.91. The van der Waals surface area contributed by atoms with Gasteiger partial charge in [0.1, 0.15) is 4.34 Å². The minimum atomic E-state index is 0.251. The Morgan fingerprint density at radius 3 is 2.93 bits per heavy atom. The fourth-order valence-corrected chi connectivity index (χ4v) is 3.40. The van der Waals surface area contributed by atoms with Gasteiger partial charge in [-0.15, -0.1) is 11.3 Å². The van der Waals surface area contributed by atoms with E-state index in [4.69, 9.17) is 11.6 Å². The number of aromatic nitrogens is 1. The SMILES string of the molecule is CC(C)C1(Cc2ncc(Cl)s2)CCCN1. The van der Waals surface area contributed by atoms with Crippen LogP contribution in [0.1, 0.15) is 31.7 Å². The lowest BCUT2D eigenvalue weighted by Gasteiger charge is -2.33. The molecule has 0 spiro atoms. The zero-order chi connectivity index (χ0) is 10.9. The van der Waals surface area contributed by atoms with Crippen molar-refractivity contribution in [3.05, 3.63) is 15.5 Å². The van der Waals surface area contributed by atoms with E-state index in [9.17, 15) is 0 Å². The smallest absolute Gasteiger partial charge is 0.113 e. The van der Waals surface area contributed by atoms with Crippen molar-refractivity contribution in [3.8, 4) is 0 Å². The van der Waals surface area contributed by atoms with E-state index in [1.807, 2.05) is 0 Å². The molecule has 2 rings (SSSR count). The molecule has 2 heterocycles. The second-order valence-corrected chi connectivity index (χ2v) is 6.32. The zero-order valence-electron chi connectivity index (χ0n) is 9.22. The molecule has 0 aliphatic carbocycles. The van der Waals surface area contributed by atoms with Crippen LogP contribution >= 0.6 is 22.9 Å². The molecule has 4 heteroatoms. The minimum Gasteiger partial charge on any atom is -0.311 e. The first kappa shape index (κ1) is 11.4. The molecule has 1 unspecified atom stereocenters. The maximum atomic E-state index is 5.91. The Kier molecular flexibility index (Phi) is 3.33.